The van der Waals surface area contributed by atoms with Crippen molar-refractivity contribution in [3.05, 3.63) is 65.5 Å². The molecule has 2 aromatic carbocycles. The highest BCUT2D eigenvalue weighted by atomic mass is 19.1. The minimum atomic E-state index is -0.186. The average Bonchev–Trinajstić information content (AvgIpc) is 2.40. The first-order valence-corrected chi connectivity index (χ1v) is 5.98. The number of hydrogen-bond donors (Lipinski definition) is 2. The van der Waals surface area contributed by atoms with E-state index in [1.54, 1.807) is 13.0 Å². The van der Waals surface area contributed by atoms with Gasteiger partial charge in [-0.3, -0.25) is 0 Å². The van der Waals surface area contributed by atoms with Gasteiger partial charge in [-0.25, -0.2) is 4.39 Å². The molecule has 0 heterocycles. The second-order valence-electron chi connectivity index (χ2n) is 4.31. The number of benzene rings is 2. The van der Waals surface area contributed by atoms with Crippen molar-refractivity contribution in [1.82, 2.24) is 0 Å². The van der Waals surface area contributed by atoms with E-state index in [9.17, 15) is 4.39 Å². The van der Waals surface area contributed by atoms with Gasteiger partial charge in [-0.2, -0.15) is 0 Å². The summed E-state index contributed by atoms with van der Waals surface area (Å²) in [5.41, 5.74) is 8.43. The van der Waals surface area contributed by atoms with Crippen LogP contribution in [0.2, 0.25) is 0 Å². The van der Waals surface area contributed by atoms with E-state index in [0.29, 0.717) is 12.1 Å². The highest BCUT2D eigenvalue weighted by Crippen LogP contribution is 2.20. The first kappa shape index (κ1) is 12.6. The molecular formula is C15H17FN2. The third kappa shape index (κ3) is 2.87. The van der Waals surface area contributed by atoms with Gasteiger partial charge in [0.15, 0.2) is 0 Å². The van der Waals surface area contributed by atoms with E-state index in [4.69, 9.17) is 5.73 Å². The Morgan fingerprint density at radius 1 is 1.17 bits per heavy atom. The summed E-state index contributed by atoms with van der Waals surface area (Å²) in [6.07, 6.45) is 0. The molecule has 0 bridgehead atoms. The lowest BCUT2D eigenvalue weighted by molar-refractivity contribution is 0.616. The van der Waals surface area contributed by atoms with Crippen LogP contribution in [0.3, 0.4) is 0 Å². The van der Waals surface area contributed by atoms with Gasteiger partial charge in [-0.15, -0.1) is 0 Å². The molecule has 0 amide bonds. The van der Waals surface area contributed by atoms with E-state index in [2.05, 4.69) is 5.32 Å². The van der Waals surface area contributed by atoms with E-state index in [1.165, 1.54) is 6.07 Å². The summed E-state index contributed by atoms with van der Waals surface area (Å²) < 4.78 is 13.2. The Hall–Kier alpha value is -1.87. The van der Waals surface area contributed by atoms with Crippen LogP contribution in [-0.4, -0.2) is 6.54 Å². The van der Waals surface area contributed by atoms with Gasteiger partial charge >= 0.3 is 0 Å². The van der Waals surface area contributed by atoms with Gasteiger partial charge in [0.2, 0.25) is 0 Å². The summed E-state index contributed by atoms with van der Waals surface area (Å²) in [6.45, 7) is 2.22. The summed E-state index contributed by atoms with van der Waals surface area (Å²) in [4.78, 5) is 0. The molecule has 0 radical (unpaired) electrons. The minimum absolute atomic E-state index is 0.00769. The third-order valence-corrected chi connectivity index (χ3v) is 2.93. The van der Waals surface area contributed by atoms with Gasteiger partial charge in [0.05, 0.1) is 6.04 Å². The number of anilines is 1. The Morgan fingerprint density at radius 2 is 1.89 bits per heavy atom. The van der Waals surface area contributed by atoms with Crippen molar-refractivity contribution in [3.63, 3.8) is 0 Å². The zero-order chi connectivity index (χ0) is 13.0. The average molecular weight is 244 g/mol. The molecule has 94 valence electrons. The molecule has 1 unspecified atom stereocenters. The lowest BCUT2D eigenvalue weighted by Gasteiger charge is -2.19. The summed E-state index contributed by atoms with van der Waals surface area (Å²) in [6, 6.07) is 14.9. The van der Waals surface area contributed by atoms with Crippen LogP contribution < -0.4 is 11.1 Å². The first-order chi connectivity index (χ1) is 8.70. The summed E-state index contributed by atoms with van der Waals surface area (Å²) in [5, 5.41) is 3.34. The molecule has 2 aromatic rings. The maximum atomic E-state index is 13.2. The monoisotopic (exact) mass is 244 g/mol. The highest BCUT2D eigenvalue weighted by Gasteiger charge is 2.10. The fourth-order valence-electron chi connectivity index (χ4n) is 1.90. The maximum absolute atomic E-state index is 13.2. The molecule has 3 N–H and O–H groups in total. The zero-order valence-corrected chi connectivity index (χ0v) is 10.4. The molecule has 2 rings (SSSR count). The van der Waals surface area contributed by atoms with Gasteiger partial charge < -0.3 is 11.1 Å². The third-order valence-electron chi connectivity index (χ3n) is 2.93. The number of halogens is 1. The number of para-hydroxylation sites is 1. The molecule has 0 aliphatic heterocycles. The lowest BCUT2D eigenvalue weighted by atomic mass is 10.0. The Bertz CT molecular complexity index is 511. The van der Waals surface area contributed by atoms with Crippen molar-refractivity contribution in [3.8, 4) is 0 Å². The van der Waals surface area contributed by atoms with Crippen LogP contribution in [0.5, 0.6) is 0 Å². The van der Waals surface area contributed by atoms with Gasteiger partial charge in [-0.1, -0.05) is 30.3 Å². The lowest BCUT2D eigenvalue weighted by Crippen LogP contribution is -2.20. The van der Waals surface area contributed by atoms with Crippen LogP contribution >= 0.6 is 0 Å². The van der Waals surface area contributed by atoms with Gasteiger partial charge in [0, 0.05) is 12.2 Å². The molecular weight excluding hydrogens is 227 g/mol. The summed E-state index contributed by atoms with van der Waals surface area (Å²) >= 11 is 0. The molecule has 0 saturated heterocycles. The molecule has 0 saturated carbocycles. The normalized spacial score (nSPS) is 12.2. The minimum Gasteiger partial charge on any atom is -0.377 e. The second kappa shape index (κ2) is 5.65. The molecule has 3 heteroatoms. The van der Waals surface area contributed by atoms with E-state index >= 15 is 0 Å². The van der Waals surface area contributed by atoms with E-state index in [0.717, 1.165) is 11.3 Å². The number of hydrogen-bond acceptors (Lipinski definition) is 2. The van der Waals surface area contributed by atoms with E-state index < -0.39 is 0 Å². The van der Waals surface area contributed by atoms with E-state index in [-0.39, 0.29) is 11.9 Å². The van der Waals surface area contributed by atoms with Crippen molar-refractivity contribution >= 4 is 5.69 Å². The van der Waals surface area contributed by atoms with Crippen LogP contribution in [0, 0.1) is 12.7 Å². The number of aryl methyl sites for hydroxylation is 1. The van der Waals surface area contributed by atoms with Crippen LogP contribution in [0.4, 0.5) is 10.1 Å². The quantitative estimate of drug-likeness (QED) is 0.866. The van der Waals surface area contributed by atoms with Crippen LogP contribution in [0.15, 0.2) is 48.5 Å². The zero-order valence-electron chi connectivity index (χ0n) is 10.4. The molecule has 2 nitrogen and oxygen atoms in total. The molecule has 1 atom stereocenters. The summed E-state index contributed by atoms with van der Waals surface area (Å²) in [5.74, 6) is -0.186. The topological polar surface area (TPSA) is 38.0 Å². The largest absolute Gasteiger partial charge is 0.377 e. The Morgan fingerprint density at radius 3 is 2.50 bits per heavy atom. The van der Waals surface area contributed by atoms with Crippen LogP contribution in [0.25, 0.3) is 0 Å². The number of nitrogens with two attached hydrogens (primary N) is 1. The molecule has 0 spiro atoms. The Balaban J connectivity index is 2.20. The van der Waals surface area contributed by atoms with Crippen molar-refractivity contribution in [2.24, 2.45) is 5.73 Å². The fraction of sp³-hybridized carbons (Fsp3) is 0.200. The van der Waals surface area contributed by atoms with E-state index in [1.807, 2.05) is 36.4 Å². The summed E-state index contributed by atoms with van der Waals surface area (Å²) in [7, 11) is 0. The molecule has 18 heavy (non-hydrogen) atoms. The van der Waals surface area contributed by atoms with Gasteiger partial charge in [0.25, 0.3) is 0 Å². The Labute approximate surface area is 107 Å². The second-order valence-corrected chi connectivity index (χ2v) is 4.31. The van der Waals surface area contributed by atoms with Gasteiger partial charge in [0.1, 0.15) is 5.82 Å². The molecule has 0 fully saturated rings. The predicted octanol–water partition coefficient (Wildman–Crippen LogP) is 3.25. The van der Waals surface area contributed by atoms with Crippen molar-refractivity contribution in [1.29, 1.82) is 0 Å². The highest BCUT2D eigenvalue weighted by molar-refractivity contribution is 5.45. The molecule has 0 aliphatic rings. The predicted molar refractivity (Wildman–Crippen MR) is 73.0 cm³/mol. The fourth-order valence-corrected chi connectivity index (χ4v) is 1.90. The Kier molecular flexibility index (Phi) is 3.95. The maximum Gasteiger partial charge on any atom is 0.126 e. The molecule has 0 aliphatic carbocycles. The van der Waals surface area contributed by atoms with Crippen molar-refractivity contribution in [2.75, 3.05) is 11.9 Å². The van der Waals surface area contributed by atoms with Crippen LogP contribution in [-0.2, 0) is 0 Å². The number of nitrogens with one attached hydrogen (secondary N) is 1. The van der Waals surface area contributed by atoms with Crippen molar-refractivity contribution < 1.29 is 4.39 Å². The standard InChI is InChI=1S/C15H17FN2/c1-11-9-12(7-8-14(11)16)15(10-17)18-13-5-3-2-4-6-13/h2-9,15,18H,10,17H2,1H3. The van der Waals surface area contributed by atoms with Gasteiger partial charge in [-0.05, 0) is 36.2 Å². The smallest absolute Gasteiger partial charge is 0.126 e. The molecule has 0 aromatic heterocycles. The SMILES string of the molecule is Cc1cc(C(CN)Nc2ccccc2)ccc1F. The van der Waals surface area contributed by atoms with Crippen LogP contribution in [0.1, 0.15) is 17.2 Å². The van der Waals surface area contributed by atoms with Crippen molar-refractivity contribution in [2.45, 2.75) is 13.0 Å². The first-order valence-electron chi connectivity index (χ1n) is 5.98. The number of rotatable bonds is 4.